The molecule has 1 aliphatic rings. The summed E-state index contributed by atoms with van der Waals surface area (Å²) in [6, 6.07) is 7.79. The average molecular weight is 270 g/mol. The first-order chi connectivity index (χ1) is 9.83. The number of hydrogen-bond donors (Lipinski definition) is 1. The molecule has 0 aliphatic carbocycles. The topological polar surface area (TPSA) is 50.2 Å². The molecule has 1 aromatic carbocycles. The fraction of sp³-hybridized carbons (Fsp3) is 0.333. The van der Waals surface area contributed by atoms with Gasteiger partial charge < -0.3 is 5.32 Å². The second kappa shape index (κ2) is 5.88. The molecule has 1 N–H and O–H groups in total. The van der Waals surface area contributed by atoms with Crippen LogP contribution in [0.1, 0.15) is 18.4 Å². The van der Waals surface area contributed by atoms with Crippen molar-refractivity contribution in [1.29, 1.82) is 0 Å². The zero-order valence-corrected chi connectivity index (χ0v) is 11.3. The van der Waals surface area contributed by atoms with Gasteiger partial charge in [-0.25, -0.2) is 9.78 Å². The second-order valence-corrected chi connectivity index (χ2v) is 5.04. The van der Waals surface area contributed by atoms with E-state index in [0.717, 1.165) is 30.9 Å². The van der Waals surface area contributed by atoms with Gasteiger partial charge in [-0.3, -0.25) is 9.47 Å². The Balaban J connectivity index is 1.73. The van der Waals surface area contributed by atoms with Crippen LogP contribution in [0.5, 0.6) is 0 Å². The fourth-order valence-corrected chi connectivity index (χ4v) is 2.52. The Hall–Kier alpha value is -2.14. The van der Waals surface area contributed by atoms with Crippen LogP contribution in [-0.4, -0.2) is 33.6 Å². The predicted molar refractivity (Wildman–Crippen MR) is 77.6 cm³/mol. The fourth-order valence-electron chi connectivity index (χ4n) is 2.52. The average Bonchev–Trinajstić information content (AvgIpc) is 3.13. The van der Waals surface area contributed by atoms with E-state index < -0.39 is 0 Å². The van der Waals surface area contributed by atoms with Gasteiger partial charge in [0.25, 0.3) is 0 Å². The monoisotopic (exact) mass is 270 g/mol. The third-order valence-corrected chi connectivity index (χ3v) is 3.59. The van der Waals surface area contributed by atoms with E-state index in [0.29, 0.717) is 0 Å². The zero-order valence-electron chi connectivity index (χ0n) is 11.3. The lowest BCUT2D eigenvalue weighted by molar-refractivity contribution is 0.253. The number of imidazole rings is 1. The van der Waals surface area contributed by atoms with Gasteiger partial charge in [0, 0.05) is 24.6 Å². The molecule has 1 aliphatic heterocycles. The number of aromatic nitrogens is 2. The number of likely N-dealkylation sites (tertiary alicyclic amines) is 1. The number of benzene rings is 1. The molecular weight excluding hydrogens is 252 g/mol. The first-order valence-corrected chi connectivity index (χ1v) is 6.92. The molecule has 1 fully saturated rings. The summed E-state index contributed by atoms with van der Waals surface area (Å²) in [5, 5.41) is 2.94. The number of hydrogen-bond acceptors (Lipinski definition) is 3. The number of para-hydroxylation sites is 1. The van der Waals surface area contributed by atoms with E-state index in [1.807, 2.05) is 18.2 Å². The number of amides is 1. The Kier molecular flexibility index (Phi) is 3.78. The number of rotatable bonds is 3. The SMILES string of the molecule is O=C(Nc1ccccc1CN1CCCC1)n1ccnc1. The normalized spacial score (nSPS) is 15.4. The summed E-state index contributed by atoms with van der Waals surface area (Å²) in [6.45, 7) is 3.17. The van der Waals surface area contributed by atoms with Crippen LogP contribution in [0.3, 0.4) is 0 Å². The molecule has 0 bridgehead atoms. The third-order valence-electron chi connectivity index (χ3n) is 3.59. The molecule has 0 unspecified atom stereocenters. The highest BCUT2D eigenvalue weighted by Gasteiger charge is 2.14. The lowest BCUT2D eigenvalue weighted by atomic mass is 10.1. The molecule has 0 saturated carbocycles. The smallest absolute Gasteiger partial charge is 0.307 e. The van der Waals surface area contributed by atoms with Crippen LogP contribution < -0.4 is 5.32 Å². The number of nitrogens with zero attached hydrogens (tertiary/aromatic N) is 3. The minimum atomic E-state index is -0.184. The maximum atomic E-state index is 12.1. The minimum Gasteiger partial charge on any atom is -0.307 e. The molecule has 3 rings (SSSR count). The Morgan fingerprint density at radius 3 is 2.80 bits per heavy atom. The van der Waals surface area contributed by atoms with E-state index in [-0.39, 0.29) is 6.03 Å². The van der Waals surface area contributed by atoms with Crippen molar-refractivity contribution < 1.29 is 4.79 Å². The van der Waals surface area contributed by atoms with E-state index in [9.17, 15) is 4.79 Å². The summed E-state index contributed by atoms with van der Waals surface area (Å²) in [6.07, 6.45) is 7.26. The van der Waals surface area contributed by atoms with Gasteiger partial charge in [-0.05, 0) is 37.6 Å². The number of nitrogens with one attached hydrogen (secondary N) is 1. The molecule has 5 nitrogen and oxygen atoms in total. The standard InChI is InChI=1S/C15H18N4O/c20-15(19-10-7-16-12-19)17-14-6-2-1-5-13(14)11-18-8-3-4-9-18/h1-2,5-7,10,12H,3-4,8-9,11H2,(H,17,20). The largest absolute Gasteiger partial charge is 0.331 e. The van der Waals surface area contributed by atoms with Crippen molar-refractivity contribution in [2.24, 2.45) is 0 Å². The number of carbonyl (C=O) groups is 1. The molecule has 2 heterocycles. The second-order valence-electron chi connectivity index (χ2n) is 5.04. The molecule has 1 amide bonds. The maximum absolute atomic E-state index is 12.1. The molecule has 2 aromatic rings. The minimum absolute atomic E-state index is 0.184. The van der Waals surface area contributed by atoms with Gasteiger partial charge in [0.05, 0.1) is 0 Å². The quantitative estimate of drug-likeness (QED) is 0.932. The molecule has 1 saturated heterocycles. The first kappa shape index (κ1) is 12.9. The highest BCUT2D eigenvalue weighted by molar-refractivity contribution is 5.91. The summed E-state index contributed by atoms with van der Waals surface area (Å²) in [7, 11) is 0. The van der Waals surface area contributed by atoms with Crippen LogP contribution in [0, 0.1) is 0 Å². The first-order valence-electron chi connectivity index (χ1n) is 6.92. The van der Waals surface area contributed by atoms with Crippen LogP contribution >= 0.6 is 0 Å². The van der Waals surface area contributed by atoms with Gasteiger partial charge in [0.2, 0.25) is 0 Å². The highest BCUT2D eigenvalue weighted by Crippen LogP contribution is 2.20. The summed E-state index contributed by atoms with van der Waals surface area (Å²) >= 11 is 0. The number of carbonyl (C=O) groups excluding carboxylic acids is 1. The van der Waals surface area contributed by atoms with Gasteiger partial charge in [-0.15, -0.1) is 0 Å². The van der Waals surface area contributed by atoms with Crippen LogP contribution in [0.25, 0.3) is 0 Å². The molecule has 20 heavy (non-hydrogen) atoms. The van der Waals surface area contributed by atoms with Gasteiger partial charge in [0.15, 0.2) is 0 Å². The summed E-state index contributed by atoms with van der Waals surface area (Å²) < 4.78 is 1.44. The van der Waals surface area contributed by atoms with Gasteiger partial charge in [-0.1, -0.05) is 18.2 Å². The highest BCUT2D eigenvalue weighted by atomic mass is 16.2. The van der Waals surface area contributed by atoms with Crippen molar-refractivity contribution in [2.45, 2.75) is 19.4 Å². The van der Waals surface area contributed by atoms with Crippen molar-refractivity contribution in [2.75, 3.05) is 18.4 Å². The van der Waals surface area contributed by atoms with Crippen molar-refractivity contribution in [3.63, 3.8) is 0 Å². The molecular formula is C15H18N4O. The Labute approximate surface area is 118 Å². The zero-order chi connectivity index (χ0) is 13.8. The van der Waals surface area contributed by atoms with Crippen LogP contribution in [0.4, 0.5) is 10.5 Å². The third kappa shape index (κ3) is 2.88. The molecule has 104 valence electrons. The van der Waals surface area contributed by atoms with Crippen molar-refractivity contribution in [3.05, 3.63) is 48.5 Å². The van der Waals surface area contributed by atoms with E-state index in [2.05, 4.69) is 21.3 Å². The molecule has 0 radical (unpaired) electrons. The molecule has 0 spiro atoms. The Morgan fingerprint density at radius 2 is 2.05 bits per heavy atom. The van der Waals surface area contributed by atoms with E-state index in [4.69, 9.17) is 0 Å². The molecule has 0 atom stereocenters. The summed E-state index contributed by atoms with van der Waals surface area (Å²) in [5.41, 5.74) is 2.03. The predicted octanol–water partition coefficient (Wildman–Crippen LogP) is 2.56. The summed E-state index contributed by atoms with van der Waals surface area (Å²) in [5.74, 6) is 0. The maximum Gasteiger partial charge on any atom is 0.331 e. The van der Waals surface area contributed by atoms with Gasteiger partial charge in [0.1, 0.15) is 6.33 Å². The lowest BCUT2D eigenvalue weighted by Gasteiger charge is -2.17. The van der Waals surface area contributed by atoms with Crippen LogP contribution in [0.2, 0.25) is 0 Å². The van der Waals surface area contributed by atoms with E-state index in [1.54, 1.807) is 12.4 Å². The van der Waals surface area contributed by atoms with E-state index in [1.165, 1.54) is 23.7 Å². The van der Waals surface area contributed by atoms with E-state index >= 15 is 0 Å². The van der Waals surface area contributed by atoms with Gasteiger partial charge in [-0.2, -0.15) is 0 Å². The van der Waals surface area contributed by atoms with Crippen molar-refractivity contribution in [3.8, 4) is 0 Å². The number of anilines is 1. The van der Waals surface area contributed by atoms with Crippen LogP contribution in [-0.2, 0) is 6.54 Å². The molecule has 1 aromatic heterocycles. The molecule has 5 heteroatoms. The van der Waals surface area contributed by atoms with Gasteiger partial charge >= 0.3 is 6.03 Å². The Bertz CT molecular complexity index is 573. The Morgan fingerprint density at radius 1 is 1.25 bits per heavy atom. The van der Waals surface area contributed by atoms with Crippen molar-refractivity contribution >= 4 is 11.7 Å². The summed E-state index contributed by atoms with van der Waals surface area (Å²) in [4.78, 5) is 18.4. The van der Waals surface area contributed by atoms with Crippen molar-refractivity contribution in [1.82, 2.24) is 14.5 Å². The van der Waals surface area contributed by atoms with Crippen LogP contribution in [0.15, 0.2) is 43.0 Å². The lowest BCUT2D eigenvalue weighted by Crippen LogP contribution is -2.22.